The van der Waals surface area contributed by atoms with Crippen molar-refractivity contribution >= 4 is 0 Å². The number of ether oxygens (including phenoxy) is 2. The molecule has 1 aliphatic heterocycles. The molecule has 3 heteroatoms. The largest absolute Gasteiger partial charge is 0.508 e. The topological polar surface area (TPSA) is 38.7 Å². The highest BCUT2D eigenvalue weighted by molar-refractivity contribution is 5.41. The second-order valence-corrected chi connectivity index (χ2v) is 7.90. The van der Waals surface area contributed by atoms with E-state index in [2.05, 4.69) is 25.1 Å². The van der Waals surface area contributed by atoms with Gasteiger partial charge in [0.25, 0.3) is 0 Å². The molecule has 1 saturated carbocycles. The Bertz CT molecular complexity index is 673. The van der Waals surface area contributed by atoms with Crippen LogP contribution in [-0.2, 0) is 15.9 Å². The predicted molar refractivity (Wildman–Crippen MR) is 87.3 cm³/mol. The molecule has 122 valence electrons. The lowest BCUT2D eigenvalue weighted by molar-refractivity contribution is -0.215. The summed E-state index contributed by atoms with van der Waals surface area (Å²) in [6.45, 7) is 3.79. The Morgan fingerprint density at radius 1 is 1.17 bits per heavy atom. The summed E-state index contributed by atoms with van der Waals surface area (Å²) >= 11 is 0. The number of phenolic OH excluding ortho intramolecular Hbond substituents is 1. The number of aromatic hydroxyl groups is 1. The smallest absolute Gasteiger partial charge is 0.193 e. The maximum absolute atomic E-state index is 9.77. The Kier molecular flexibility index (Phi) is 2.82. The molecule has 1 aromatic rings. The van der Waals surface area contributed by atoms with Crippen molar-refractivity contribution in [3.05, 3.63) is 41.5 Å². The highest BCUT2D eigenvalue weighted by atomic mass is 16.7. The Labute approximate surface area is 137 Å². The fourth-order valence-corrected chi connectivity index (χ4v) is 5.85. The molecule has 0 bridgehead atoms. The van der Waals surface area contributed by atoms with E-state index in [1.807, 2.05) is 12.1 Å². The third kappa shape index (κ3) is 1.72. The van der Waals surface area contributed by atoms with Crippen LogP contribution in [0.2, 0.25) is 0 Å². The number of allylic oxidation sites excluding steroid dienone is 1. The number of phenols is 1. The van der Waals surface area contributed by atoms with Gasteiger partial charge in [-0.3, -0.25) is 0 Å². The zero-order valence-electron chi connectivity index (χ0n) is 13.6. The van der Waals surface area contributed by atoms with Gasteiger partial charge in [0.1, 0.15) is 5.75 Å². The maximum Gasteiger partial charge on any atom is 0.193 e. The van der Waals surface area contributed by atoms with Gasteiger partial charge in [0.2, 0.25) is 0 Å². The van der Waals surface area contributed by atoms with Crippen LogP contribution in [-0.4, -0.2) is 24.1 Å². The summed E-state index contributed by atoms with van der Waals surface area (Å²) < 4.78 is 12.2. The standard InChI is InChI=1S/C20H24O3/c1-19-8-6-16-15-5-3-14(21)12-13(15)2-4-17(16)18(19)7-9-20(19)22-10-11-23-20/h3,5,7,9,12,16-18,21H,2,4,6,8,10-11H2,1H3/t16-,17-,18+,19+/m1/s1. The van der Waals surface area contributed by atoms with E-state index in [9.17, 15) is 5.11 Å². The molecule has 0 radical (unpaired) electrons. The van der Waals surface area contributed by atoms with Gasteiger partial charge in [0.05, 0.1) is 13.2 Å². The van der Waals surface area contributed by atoms with Crippen LogP contribution in [0, 0.1) is 17.3 Å². The Hall–Kier alpha value is -1.32. The number of fused-ring (bicyclic) bond motifs is 6. The molecule has 3 nitrogen and oxygen atoms in total. The summed E-state index contributed by atoms with van der Waals surface area (Å²) in [5, 5.41) is 9.77. The number of rotatable bonds is 0. The lowest BCUT2D eigenvalue weighted by atomic mass is 9.54. The van der Waals surface area contributed by atoms with Crippen LogP contribution in [0.5, 0.6) is 5.75 Å². The van der Waals surface area contributed by atoms with E-state index in [1.54, 1.807) is 0 Å². The second-order valence-electron chi connectivity index (χ2n) is 7.90. The Morgan fingerprint density at radius 2 is 2.00 bits per heavy atom. The first-order valence-corrected chi connectivity index (χ1v) is 8.92. The normalized spacial score (nSPS) is 40.0. The fraction of sp³-hybridized carbons (Fsp3) is 0.600. The van der Waals surface area contributed by atoms with Crippen LogP contribution in [0.15, 0.2) is 30.4 Å². The molecule has 23 heavy (non-hydrogen) atoms. The van der Waals surface area contributed by atoms with E-state index in [-0.39, 0.29) is 5.41 Å². The molecule has 1 N–H and O–H groups in total. The number of aryl methyl sites for hydroxylation is 1. The first-order chi connectivity index (χ1) is 11.1. The first-order valence-electron chi connectivity index (χ1n) is 8.92. The molecule has 1 aromatic carbocycles. The lowest BCUT2D eigenvalue weighted by Gasteiger charge is -2.52. The predicted octanol–water partition coefficient (Wildman–Crippen LogP) is 3.77. The summed E-state index contributed by atoms with van der Waals surface area (Å²) in [7, 11) is 0. The van der Waals surface area contributed by atoms with Gasteiger partial charge in [-0.1, -0.05) is 19.1 Å². The minimum Gasteiger partial charge on any atom is -0.508 e. The van der Waals surface area contributed by atoms with Gasteiger partial charge < -0.3 is 14.6 Å². The Balaban J connectivity index is 1.53. The summed E-state index contributed by atoms with van der Waals surface area (Å²) in [5.41, 5.74) is 2.88. The highest BCUT2D eigenvalue weighted by Gasteiger charge is 2.62. The van der Waals surface area contributed by atoms with Gasteiger partial charge in [0, 0.05) is 5.41 Å². The highest BCUT2D eigenvalue weighted by Crippen LogP contribution is 2.63. The summed E-state index contributed by atoms with van der Waals surface area (Å²) in [5.74, 6) is 1.72. The van der Waals surface area contributed by atoms with Gasteiger partial charge in [-0.15, -0.1) is 0 Å². The van der Waals surface area contributed by atoms with Crippen LogP contribution < -0.4 is 0 Å². The number of benzene rings is 1. The maximum atomic E-state index is 9.77. The molecule has 0 amide bonds. The van der Waals surface area contributed by atoms with Crippen molar-refractivity contribution in [2.75, 3.05) is 13.2 Å². The molecule has 0 aromatic heterocycles. The van der Waals surface area contributed by atoms with Crippen molar-refractivity contribution in [3.8, 4) is 5.75 Å². The van der Waals surface area contributed by atoms with E-state index in [0.717, 1.165) is 12.8 Å². The molecule has 5 rings (SSSR count). The molecule has 4 aliphatic rings. The molecule has 1 heterocycles. The van der Waals surface area contributed by atoms with Crippen molar-refractivity contribution in [1.82, 2.24) is 0 Å². The van der Waals surface area contributed by atoms with Gasteiger partial charge in [-0.25, -0.2) is 0 Å². The van der Waals surface area contributed by atoms with E-state index in [4.69, 9.17) is 9.47 Å². The van der Waals surface area contributed by atoms with Gasteiger partial charge in [0.15, 0.2) is 5.79 Å². The van der Waals surface area contributed by atoms with Crippen LogP contribution in [0.4, 0.5) is 0 Å². The molecule has 2 fully saturated rings. The molecule has 4 atom stereocenters. The van der Waals surface area contributed by atoms with Crippen molar-refractivity contribution in [1.29, 1.82) is 0 Å². The van der Waals surface area contributed by atoms with Crippen LogP contribution in [0.3, 0.4) is 0 Å². The van der Waals surface area contributed by atoms with Gasteiger partial charge in [-0.2, -0.15) is 0 Å². The average Bonchev–Trinajstić information content (AvgIpc) is 3.14. The Morgan fingerprint density at radius 3 is 2.83 bits per heavy atom. The van der Waals surface area contributed by atoms with E-state index < -0.39 is 5.79 Å². The molecular weight excluding hydrogens is 288 g/mol. The molecule has 1 spiro atoms. The van der Waals surface area contributed by atoms with Crippen molar-refractivity contribution < 1.29 is 14.6 Å². The zero-order valence-corrected chi connectivity index (χ0v) is 13.6. The second kappa shape index (κ2) is 4.61. The number of hydrogen-bond donors (Lipinski definition) is 1. The van der Waals surface area contributed by atoms with Crippen molar-refractivity contribution in [2.24, 2.45) is 17.3 Å². The van der Waals surface area contributed by atoms with Crippen LogP contribution in [0.1, 0.15) is 43.2 Å². The van der Waals surface area contributed by atoms with Crippen molar-refractivity contribution in [2.45, 2.75) is 44.3 Å². The van der Waals surface area contributed by atoms with Crippen LogP contribution in [0.25, 0.3) is 0 Å². The molecular formula is C20H24O3. The van der Waals surface area contributed by atoms with E-state index in [0.29, 0.717) is 36.7 Å². The van der Waals surface area contributed by atoms with Gasteiger partial charge in [-0.05, 0) is 72.8 Å². The summed E-state index contributed by atoms with van der Waals surface area (Å²) in [6, 6.07) is 5.97. The third-order valence-corrected chi connectivity index (χ3v) is 7.00. The van der Waals surface area contributed by atoms with E-state index >= 15 is 0 Å². The van der Waals surface area contributed by atoms with Gasteiger partial charge >= 0.3 is 0 Å². The van der Waals surface area contributed by atoms with Crippen LogP contribution >= 0.6 is 0 Å². The monoisotopic (exact) mass is 312 g/mol. The number of hydrogen-bond acceptors (Lipinski definition) is 3. The minimum absolute atomic E-state index is 0.0685. The molecule has 3 aliphatic carbocycles. The van der Waals surface area contributed by atoms with E-state index in [1.165, 1.54) is 24.0 Å². The minimum atomic E-state index is -0.474. The first kappa shape index (κ1) is 14.1. The average molecular weight is 312 g/mol. The lowest BCUT2D eigenvalue weighted by Crippen LogP contribution is -2.52. The quantitative estimate of drug-likeness (QED) is 0.741. The third-order valence-electron chi connectivity index (χ3n) is 7.00. The van der Waals surface area contributed by atoms with Crippen molar-refractivity contribution in [3.63, 3.8) is 0 Å². The molecule has 1 saturated heterocycles. The fourth-order valence-electron chi connectivity index (χ4n) is 5.85. The summed E-state index contributed by atoms with van der Waals surface area (Å²) in [6.07, 6.45) is 9.17. The zero-order chi connectivity index (χ0) is 15.7. The molecule has 0 unspecified atom stereocenters. The SMILES string of the molecule is C[C@]12CC[C@@H]3c4ccc(O)cc4CC[C@H]3[C@@H]1C=CC21OCCO1. The summed E-state index contributed by atoms with van der Waals surface area (Å²) in [4.78, 5) is 0.